The highest BCUT2D eigenvalue weighted by atomic mass is 16.4. The van der Waals surface area contributed by atoms with Crippen LogP contribution in [0.4, 0.5) is 0 Å². The fourth-order valence-corrected chi connectivity index (χ4v) is 1.95. The molecule has 5 nitrogen and oxygen atoms in total. The summed E-state index contributed by atoms with van der Waals surface area (Å²) in [6, 6.07) is 5.86. The molecule has 5 heteroatoms. The van der Waals surface area contributed by atoms with E-state index in [1.807, 2.05) is 0 Å². The zero-order valence-corrected chi connectivity index (χ0v) is 9.21. The van der Waals surface area contributed by atoms with Crippen LogP contribution in [0.3, 0.4) is 0 Å². The quantitative estimate of drug-likeness (QED) is 0.794. The zero-order valence-electron chi connectivity index (χ0n) is 9.21. The lowest BCUT2D eigenvalue weighted by atomic mass is 10.1. The zero-order chi connectivity index (χ0) is 12.6. The van der Waals surface area contributed by atoms with Crippen LogP contribution in [0.5, 0.6) is 0 Å². The molecule has 1 aromatic rings. The molecular formula is C12H11NO4. The van der Waals surface area contributed by atoms with Crippen molar-refractivity contribution >= 4 is 17.8 Å². The monoisotopic (exact) mass is 233 g/mol. The number of benzene rings is 1. The second-order valence-corrected chi connectivity index (χ2v) is 3.97. The topological polar surface area (TPSA) is 74.7 Å². The number of nitrogens with zero attached hydrogens (tertiary/aromatic N) is 1. The first-order valence-corrected chi connectivity index (χ1v) is 5.21. The molecular weight excluding hydrogens is 222 g/mol. The van der Waals surface area contributed by atoms with Crippen molar-refractivity contribution in [2.45, 2.75) is 19.4 Å². The third kappa shape index (κ3) is 1.80. The van der Waals surface area contributed by atoms with Crippen molar-refractivity contribution in [2.75, 3.05) is 0 Å². The van der Waals surface area contributed by atoms with Crippen LogP contribution in [-0.2, 0) is 4.79 Å². The summed E-state index contributed by atoms with van der Waals surface area (Å²) in [5.74, 6) is -1.87. The van der Waals surface area contributed by atoms with Crippen molar-refractivity contribution in [3.63, 3.8) is 0 Å². The highest BCUT2D eigenvalue weighted by Crippen LogP contribution is 2.25. The van der Waals surface area contributed by atoms with E-state index in [0.717, 1.165) is 4.90 Å². The highest BCUT2D eigenvalue weighted by Gasteiger charge is 2.38. The van der Waals surface area contributed by atoms with Gasteiger partial charge in [0.05, 0.1) is 17.5 Å². The van der Waals surface area contributed by atoms with Gasteiger partial charge in [0.2, 0.25) is 0 Å². The number of carboxylic acids is 1. The predicted octanol–water partition coefficient (Wildman–Crippen LogP) is 1.15. The Morgan fingerprint density at radius 3 is 2.12 bits per heavy atom. The normalized spacial score (nSPS) is 15.9. The minimum atomic E-state index is -1.03. The van der Waals surface area contributed by atoms with E-state index in [1.165, 1.54) is 0 Å². The van der Waals surface area contributed by atoms with Crippen LogP contribution in [0, 0.1) is 0 Å². The number of imide groups is 1. The number of carbonyl (C=O) groups is 3. The molecule has 17 heavy (non-hydrogen) atoms. The van der Waals surface area contributed by atoms with E-state index in [-0.39, 0.29) is 6.42 Å². The minimum absolute atomic E-state index is 0.245. The van der Waals surface area contributed by atoms with Gasteiger partial charge in [0.15, 0.2) is 0 Å². The Bertz CT molecular complexity index is 474. The molecule has 0 saturated carbocycles. The van der Waals surface area contributed by atoms with Crippen LogP contribution in [0.15, 0.2) is 24.3 Å². The summed E-state index contributed by atoms with van der Waals surface area (Å²) >= 11 is 0. The van der Waals surface area contributed by atoms with Crippen LogP contribution >= 0.6 is 0 Å². The summed E-state index contributed by atoms with van der Waals surface area (Å²) < 4.78 is 0. The third-order valence-corrected chi connectivity index (χ3v) is 2.74. The molecule has 0 aliphatic carbocycles. The van der Waals surface area contributed by atoms with Gasteiger partial charge < -0.3 is 5.11 Å². The van der Waals surface area contributed by atoms with Gasteiger partial charge in [-0.3, -0.25) is 19.3 Å². The summed E-state index contributed by atoms with van der Waals surface area (Å²) in [6.45, 7) is 1.55. The van der Waals surface area contributed by atoms with E-state index in [2.05, 4.69) is 0 Å². The van der Waals surface area contributed by atoms with E-state index >= 15 is 0 Å². The average Bonchev–Trinajstić information content (AvgIpc) is 2.51. The first kappa shape index (κ1) is 11.3. The van der Waals surface area contributed by atoms with Crippen LogP contribution in [-0.4, -0.2) is 33.8 Å². The van der Waals surface area contributed by atoms with Crippen LogP contribution in [0.2, 0.25) is 0 Å². The number of carbonyl (C=O) groups excluding carboxylic acids is 2. The highest BCUT2D eigenvalue weighted by molar-refractivity contribution is 6.21. The maximum absolute atomic E-state index is 11.9. The Labute approximate surface area is 97.7 Å². The lowest BCUT2D eigenvalue weighted by Gasteiger charge is -2.20. The van der Waals surface area contributed by atoms with E-state index in [9.17, 15) is 14.4 Å². The van der Waals surface area contributed by atoms with Gasteiger partial charge in [-0.25, -0.2) is 0 Å². The molecule has 1 atom stereocenters. The minimum Gasteiger partial charge on any atom is -0.481 e. The largest absolute Gasteiger partial charge is 0.481 e. The SMILES string of the molecule is C[C@H](CC(=O)O)N1C(=O)c2ccccc2C1=O. The first-order chi connectivity index (χ1) is 8.02. The van der Waals surface area contributed by atoms with Crippen LogP contribution in [0.25, 0.3) is 0 Å². The number of carboxylic acid groups (broad SMARTS) is 1. The molecule has 1 N–H and O–H groups in total. The molecule has 88 valence electrons. The number of amides is 2. The lowest BCUT2D eigenvalue weighted by Crippen LogP contribution is -2.39. The molecule has 0 fully saturated rings. The number of hydrogen-bond donors (Lipinski definition) is 1. The Kier molecular flexibility index (Phi) is 2.67. The van der Waals surface area contributed by atoms with Crippen LogP contribution in [0.1, 0.15) is 34.1 Å². The van der Waals surface area contributed by atoms with Crippen molar-refractivity contribution in [3.05, 3.63) is 35.4 Å². The Hall–Kier alpha value is -2.17. The summed E-state index contributed by atoms with van der Waals surface area (Å²) in [7, 11) is 0. The molecule has 0 saturated heterocycles. The lowest BCUT2D eigenvalue weighted by molar-refractivity contribution is -0.137. The molecule has 2 amide bonds. The van der Waals surface area contributed by atoms with E-state index < -0.39 is 23.8 Å². The van der Waals surface area contributed by atoms with E-state index in [4.69, 9.17) is 5.11 Å². The average molecular weight is 233 g/mol. The second kappa shape index (κ2) is 4.01. The van der Waals surface area contributed by atoms with E-state index in [0.29, 0.717) is 11.1 Å². The molecule has 0 bridgehead atoms. The fraction of sp³-hybridized carbons (Fsp3) is 0.250. The molecule has 0 radical (unpaired) electrons. The smallest absolute Gasteiger partial charge is 0.305 e. The van der Waals surface area contributed by atoms with E-state index in [1.54, 1.807) is 31.2 Å². The van der Waals surface area contributed by atoms with Gasteiger partial charge in [0.25, 0.3) is 11.8 Å². The molecule has 2 rings (SSSR count). The maximum atomic E-state index is 11.9. The van der Waals surface area contributed by atoms with Gasteiger partial charge in [0.1, 0.15) is 0 Å². The number of rotatable bonds is 3. The molecule has 1 heterocycles. The van der Waals surface area contributed by atoms with Crippen molar-refractivity contribution < 1.29 is 19.5 Å². The van der Waals surface area contributed by atoms with Gasteiger partial charge in [-0.2, -0.15) is 0 Å². The van der Waals surface area contributed by atoms with Crippen molar-refractivity contribution in [1.82, 2.24) is 4.90 Å². The fourth-order valence-electron chi connectivity index (χ4n) is 1.95. The number of fused-ring (bicyclic) bond motifs is 1. The van der Waals surface area contributed by atoms with Crippen molar-refractivity contribution in [1.29, 1.82) is 0 Å². The van der Waals surface area contributed by atoms with Crippen molar-refractivity contribution in [2.24, 2.45) is 0 Å². The second-order valence-electron chi connectivity index (χ2n) is 3.97. The van der Waals surface area contributed by atoms with Crippen LogP contribution < -0.4 is 0 Å². The molecule has 1 aliphatic heterocycles. The first-order valence-electron chi connectivity index (χ1n) is 5.21. The third-order valence-electron chi connectivity index (χ3n) is 2.74. The number of hydrogen-bond acceptors (Lipinski definition) is 3. The Balaban J connectivity index is 2.33. The van der Waals surface area contributed by atoms with Gasteiger partial charge in [-0.15, -0.1) is 0 Å². The summed E-state index contributed by atoms with van der Waals surface area (Å²) in [5, 5.41) is 8.68. The molecule has 1 aliphatic rings. The molecule has 0 aromatic heterocycles. The molecule has 0 spiro atoms. The standard InChI is InChI=1S/C12H11NO4/c1-7(6-10(14)15)13-11(16)8-4-2-3-5-9(8)12(13)17/h2-5,7H,6H2,1H3,(H,14,15)/t7-/m1/s1. The van der Waals surface area contributed by atoms with Crippen molar-refractivity contribution in [3.8, 4) is 0 Å². The maximum Gasteiger partial charge on any atom is 0.305 e. The Morgan fingerprint density at radius 1 is 1.24 bits per heavy atom. The summed E-state index contributed by atoms with van der Waals surface area (Å²) in [4.78, 5) is 35.5. The molecule has 1 aromatic carbocycles. The summed E-state index contributed by atoms with van der Waals surface area (Å²) in [6.07, 6.45) is -0.245. The Morgan fingerprint density at radius 2 is 1.71 bits per heavy atom. The number of aliphatic carboxylic acids is 1. The van der Waals surface area contributed by atoms with Gasteiger partial charge in [0, 0.05) is 6.04 Å². The van der Waals surface area contributed by atoms with Gasteiger partial charge >= 0.3 is 5.97 Å². The predicted molar refractivity (Wildman–Crippen MR) is 58.7 cm³/mol. The summed E-state index contributed by atoms with van der Waals surface area (Å²) in [5.41, 5.74) is 0.685. The molecule has 0 unspecified atom stereocenters. The van der Waals surface area contributed by atoms with Gasteiger partial charge in [-0.1, -0.05) is 12.1 Å². The van der Waals surface area contributed by atoms with Gasteiger partial charge in [-0.05, 0) is 19.1 Å².